The molecule has 6 nitrogen and oxygen atoms in total. The molecule has 19 heavy (non-hydrogen) atoms. The summed E-state index contributed by atoms with van der Waals surface area (Å²) in [5.41, 5.74) is 1.13. The van der Waals surface area contributed by atoms with Crippen LogP contribution in [0.25, 0.3) is 0 Å². The molecule has 1 atom stereocenters. The third kappa shape index (κ3) is 3.57. The fourth-order valence-corrected chi connectivity index (χ4v) is 2.03. The van der Waals surface area contributed by atoms with Crippen molar-refractivity contribution >= 4 is 0 Å². The summed E-state index contributed by atoms with van der Waals surface area (Å²) >= 11 is 0. The van der Waals surface area contributed by atoms with E-state index >= 15 is 0 Å². The second-order valence-corrected chi connectivity index (χ2v) is 4.38. The highest BCUT2D eigenvalue weighted by Gasteiger charge is 2.15. The first-order valence-corrected chi connectivity index (χ1v) is 6.71. The summed E-state index contributed by atoms with van der Waals surface area (Å²) in [6, 6.07) is 2.19. The van der Waals surface area contributed by atoms with E-state index in [9.17, 15) is 0 Å². The maximum absolute atomic E-state index is 4.34. The molecule has 0 fully saturated rings. The van der Waals surface area contributed by atoms with Gasteiger partial charge in [-0.05, 0) is 31.5 Å². The van der Waals surface area contributed by atoms with Crippen LogP contribution in [0.1, 0.15) is 37.7 Å². The summed E-state index contributed by atoms with van der Waals surface area (Å²) < 4.78 is 1.93. The zero-order valence-electron chi connectivity index (χ0n) is 11.5. The Labute approximate surface area is 113 Å². The number of hydrogen-bond donors (Lipinski definition) is 1. The molecule has 0 saturated carbocycles. The molecule has 2 aromatic rings. The van der Waals surface area contributed by atoms with E-state index in [4.69, 9.17) is 0 Å². The van der Waals surface area contributed by atoms with Crippen LogP contribution >= 0.6 is 0 Å². The Balaban J connectivity index is 2.14. The number of aromatic nitrogens is 5. The minimum atomic E-state index is 0.199. The quantitative estimate of drug-likeness (QED) is 0.814. The molecular formula is C13H20N6. The Morgan fingerprint density at radius 2 is 2.21 bits per heavy atom. The first-order valence-electron chi connectivity index (χ1n) is 6.71. The molecule has 0 aromatic carbocycles. The first kappa shape index (κ1) is 13.6. The maximum atomic E-state index is 4.34. The Kier molecular flexibility index (Phi) is 4.97. The topological polar surface area (TPSA) is 68.5 Å². The standard InChI is InChI=1S/C13H20N6/c1-3-6-14-12(11-5-7-16-17-9-11)8-13-15-10-18-19(13)4-2/h5,7,9-10,12,14H,3-4,6,8H2,1-2H3. The molecule has 2 heterocycles. The van der Waals surface area contributed by atoms with Crippen LogP contribution in [0.4, 0.5) is 0 Å². The van der Waals surface area contributed by atoms with E-state index in [-0.39, 0.29) is 6.04 Å². The third-order valence-corrected chi connectivity index (χ3v) is 3.03. The maximum Gasteiger partial charge on any atom is 0.138 e. The number of aryl methyl sites for hydroxylation is 1. The molecule has 102 valence electrons. The van der Waals surface area contributed by atoms with Crippen LogP contribution in [0.15, 0.2) is 24.8 Å². The van der Waals surface area contributed by atoms with Crippen molar-refractivity contribution in [1.82, 2.24) is 30.3 Å². The Morgan fingerprint density at radius 1 is 1.32 bits per heavy atom. The average Bonchev–Trinajstić information content (AvgIpc) is 2.91. The number of hydrogen-bond acceptors (Lipinski definition) is 5. The molecule has 0 aliphatic carbocycles. The average molecular weight is 260 g/mol. The van der Waals surface area contributed by atoms with Gasteiger partial charge in [-0.25, -0.2) is 4.98 Å². The number of nitrogens with one attached hydrogen (secondary N) is 1. The van der Waals surface area contributed by atoms with E-state index in [2.05, 4.69) is 39.4 Å². The van der Waals surface area contributed by atoms with Crippen LogP contribution < -0.4 is 5.32 Å². The van der Waals surface area contributed by atoms with Crippen molar-refractivity contribution < 1.29 is 0 Å². The molecule has 0 amide bonds. The number of rotatable bonds is 7. The van der Waals surface area contributed by atoms with Crippen LogP contribution in [0.3, 0.4) is 0 Å². The predicted molar refractivity (Wildman–Crippen MR) is 72.5 cm³/mol. The second-order valence-electron chi connectivity index (χ2n) is 4.38. The lowest BCUT2D eigenvalue weighted by Crippen LogP contribution is -2.25. The molecular weight excluding hydrogens is 240 g/mol. The van der Waals surface area contributed by atoms with Gasteiger partial charge in [0.15, 0.2) is 0 Å². The van der Waals surface area contributed by atoms with Crippen molar-refractivity contribution in [3.8, 4) is 0 Å². The van der Waals surface area contributed by atoms with E-state index in [1.165, 1.54) is 0 Å². The lowest BCUT2D eigenvalue weighted by molar-refractivity contribution is 0.495. The third-order valence-electron chi connectivity index (χ3n) is 3.03. The first-order chi connectivity index (χ1) is 9.35. The van der Waals surface area contributed by atoms with Gasteiger partial charge in [0.2, 0.25) is 0 Å². The monoisotopic (exact) mass is 260 g/mol. The van der Waals surface area contributed by atoms with E-state index in [0.29, 0.717) is 0 Å². The minimum Gasteiger partial charge on any atom is -0.310 e. The van der Waals surface area contributed by atoms with Gasteiger partial charge < -0.3 is 5.32 Å². The summed E-state index contributed by atoms with van der Waals surface area (Å²) in [5.74, 6) is 0.993. The molecule has 1 unspecified atom stereocenters. The van der Waals surface area contributed by atoms with Crippen LogP contribution in [-0.2, 0) is 13.0 Å². The molecule has 1 N–H and O–H groups in total. The van der Waals surface area contributed by atoms with Gasteiger partial charge in [0.05, 0.1) is 6.20 Å². The molecule has 0 spiro atoms. The van der Waals surface area contributed by atoms with E-state index in [1.807, 2.05) is 10.7 Å². The van der Waals surface area contributed by atoms with Crippen LogP contribution in [0.5, 0.6) is 0 Å². The van der Waals surface area contributed by atoms with Crippen molar-refractivity contribution in [2.24, 2.45) is 0 Å². The van der Waals surface area contributed by atoms with Crippen molar-refractivity contribution in [3.05, 3.63) is 36.2 Å². The van der Waals surface area contributed by atoms with E-state index in [1.54, 1.807) is 18.7 Å². The van der Waals surface area contributed by atoms with Gasteiger partial charge in [-0.1, -0.05) is 6.92 Å². The molecule has 6 heteroatoms. The van der Waals surface area contributed by atoms with E-state index in [0.717, 1.165) is 37.3 Å². The Bertz CT molecular complexity index is 481. The number of nitrogens with zero attached hydrogens (tertiary/aromatic N) is 5. The molecule has 2 rings (SSSR count). The predicted octanol–water partition coefficient (Wildman–Crippen LogP) is 1.37. The summed E-state index contributed by atoms with van der Waals surface area (Å²) in [6.45, 7) is 6.03. The molecule has 0 aliphatic heterocycles. The Hall–Kier alpha value is -1.82. The molecule has 2 aromatic heterocycles. The lowest BCUT2D eigenvalue weighted by atomic mass is 10.1. The zero-order valence-corrected chi connectivity index (χ0v) is 11.5. The van der Waals surface area contributed by atoms with Gasteiger partial charge in [0.25, 0.3) is 0 Å². The fourth-order valence-electron chi connectivity index (χ4n) is 2.03. The van der Waals surface area contributed by atoms with Gasteiger partial charge in [-0.3, -0.25) is 4.68 Å². The highest BCUT2D eigenvalue weighted by atomic mass is 15.3. The van der Waals surface area contributed by atoms with Crippen molar-refractivity contribution in [1.29, 1.82) is 0 Å². The summed E-state index contributed by atoms with van der Waals surface area (Å²) in [7, 11) is 0. The van der Waals surface area contributed by atoms with Crippen molar-refractivity contribution in [2.75, 3.05) is 6.54 Å². The summed E-state index contributed by atoms with van der Waals surface area (Å²) in [5, 5.41) is 15.5. The molecule has 0 bridgehead atoms. The van der Waals surface area contributed by atoms with Gasteiger partial charge >= 0.3 is 0 Å². The smallest absolute Gasteiger partial charge is 0.138 e. The molecule has 0 saturated heterocycles. The van der Waals surface area contributed by atoms with Crippen LogP contribution in [0, 0.1) is 0 Å². The second kappa shape index (κ2) is 6.94. The normalized spacial score (nSPS) is 12.5. The van der Waals surface area contributed by atoms with Crippen molar-refractivity contribution in [2.45, 2.75) is 39.3 Å². The summed E-state index contributed by atoms with van der Waals surface area (Å²) in [6.07, 6.45) is 7.04. The van der Waals surface area contributed by atoms with Crippen molar-refractivity contribution in [3.63, 3.8) is 0 Å². The zero-order chi connectivity index (χ0) is 13.5. The molecule has 0 aliphatic rings. The lowest BCUT2D eigenvalue weighted by Gasteiger charge is -2.18. The van der Waals surface area contributed by atoms with Gasteiger partial charge in [0, 0.05) is 25.2 Å². The SMILES string of the molecule is CCCNC(Cc1ncnn1CC)c1ccnnc1. The summed E-state index contributed by atoms with van der Waals surface area (Å²) in [4.78, 5) is 4.34. The van der Waals surface area contributed by atoms with Gasteiger partial charge in [-0.15, -0.1) is 0 Å². The minimum absolute atomic E-state index is 0.199. The van der Waals surface area contributed by atoms with Gasteiger partial charge in [-0.2, -0.15) is 15.3 Å². The Morgan fingerprint density at radius 3 is 2.89 bits per heavy atom. The fraction of sp³-hybridized carbons (Fsp3) is 0.538. The highest BCUT2D eigenvalue weighted by molar-refractivity contribution is 5.13. The van der Waals surface area contributed by atoms with E-state index < -0.39 is 0 Å². The molecule has 0 radical (unpaired) electrons. The van der Waals surface area contributed by atoms with Crippen LogP contribution in [0.2, 0.25) is 0 Å². The van der Waals surface area contributed by atoms with Gasteiger partial charge in [0.1, 0.15) is 12.2 Å². The van der Waals surface area contributed by atoms with Crippen LogP contribution in [-0.4, -0.2) is 31.5 Å². The largest absolute Gasteiger partial charge is 0.310 e. The highest BCUT2D eigenvalue weighted by Crippen LogP contribution is 2.16.